The number of ether oxygens (including phenoxy) is 2. The van der Waals surface area contributed by atoms with Gasteiger partial charge in [-0.15, -0.1) is 0 Å². The minimum Gasteiger partial charge on any atom is -0.439 e. The van der Waals surface area contributed by atoms with Crippen LogP contribution in [0.15, 0.2) is 36.4 Å². The summed E-state index contributed by atoms with van der Waals surface area (Å²) in [4.78, 5) is 24.2. The first-order valence-electron chi connectivity index (χ1n) is 10.1. The molecule has 0 N–H and O–H groups in total. The van der Waals surface area contributed by atoms with Gasteiger partial charge in [-0.3, -0.25) is 4.79 Å². The lowest BCUT2D eigenvalue weighted by Crippen LogP contribution is -2.44. The van der Waals surface area contributed by atoms with Gasteiger partial charge in [0.1, 0.15) is 11.6 Å². The predicted octanol–water partition coefficient (Wildman–Crippen LogP) is 3.71. The maximum Gasteiger partial charge on any atom is 0.225 e. The molecule has 1 atom stereocenters. The molecule has 1 aromatic carbocycles. The molecule has 2 saturated heterocycles. The van der Waals surface area contributed by atoms with E-state index in [0.29, 0.717) is 25.6 Å². The van der Waals surface area contributed by atoms with Crippen molar-refractivity contribution < 1.29 is 14.3 Å². The second-order valence-electron chi connectivity index (χ2n) is 7.63. The van der Waals surface area contributed by atoms with E-state index in [-0.39, 0.29) is 17.7 Å². The standard InChI is InChI=1S/C22H27N3O3/c1-16-14-20(28-19-7-3-2-4-8-19)24-21(23-16)18-6-5-11-25(15-18)22(26)17-9-12-27-13-10-17/h2-4,7-8,14,17-18H,5-6,9-13,15H2,1H3/t18-/m1/s1. The number of carbonyl (C=O) groups excluding carboxylic acids is 1. The Labute approximate surface area is 165 Å². The predicted molar refractivity (Wildman–Crippen MR) is 105 cm³/mol. The van der Waals surface area contributed by atoms with Gasteiger partial charge < -0.3 is 14.4 Å². The minimum absolute atomic E-state index is 0.0999. The van der Waals surface area contributed by atoms with Crippen LogP contribution in [0.5, 0.6) is 11.6 Å². The molecule has 0 unspecified atom stereocenters. The number of hydrogen-bond donors (Lipinski definition) is 0. The molecule has 0 bridgehead atoms. The van der Waals surface area contributed by atoms with Gasteiger partial charge in [0, 0.05) is 49.9 Å². The van der Waals surface area contributed by atoms with Gasteiger partial charge in [-0.2, -0.15) is 4.98 Å². The summed E-state index contributed by atoms with van der Waals surface area (Å²) in [6.07, 6.45) is 3.63. The van der Waals surface area contributed by atoms with Crippen molar-refractivity contribution in [1.82, 2.24) is 14.9 Å². The Hall–Kier alpha value is -2.47. The van der Waals surface area contributed by atoms with Gasteiger partial charge in [-0.25, -0.2) is 4.98 Å². The molecule has 28 heavy (non-hydrogen) atoms. The second-order valence-corrected chi connectivity index (χ2v) is 7.63. The molecule has 1 aromatic heterocycles. The van der Waals surface area contributed by atoms with Crippen LogP contribution in [0.25, 0.3) is 0 Å². The van der Waals surface area contributed by atoms with Crippen LogP contribution in [0.4, 0.5) is 0 Å². The largest absolute Gasteiger partial charge is 0.439 e. The summed E-state index contributed by atoms with van der Waals surface area (Å²) < 4.78 is 11.3. The summed E-state index contributed by atoms with van der Waals surface area (Å²) in [7, 11) is 0. The van der Waals surface area contributed by atoms with Crippen molar-refractivity contribution in [3.8, 4) is 11.6 Å². The van der Waals surface area contributed by atoms with Crippen LogP contribution < -0.4 is 4.74 Å². The maximum absolute atomic E-state index is 12.9. The maximum atomic E-state index is 12.9. The van der Waals surface area contributed by atoms with Gasteiger partial charge in [0.2, 0.25) is 11.8 Å². The van der Waals surface area contributed by atoms with Crippen LogP contribution in [0, 0.1) is 12.8 Å². The molecule has 6 heteroatoms. The number of para-hydroxylation sites is 1. The fourth-order valence-corrected chi connectivity index (χ4v) is 4.00. The van der Waals surface area contributed by atoms with Crippen molar-refractivity contribution in [1.29, 1.82) is 0 Å². The smallest absolute Gasteiger partial charge is 0.225 e. The third-order valence-electron chi connectivity index (χ3n) is 5.48. The van der Waals surface area contributed by atoms with Crippen LogP contribution in [0.1, 0.15) is 43.1 Å². The van der Waals surface area contributed by atoms with E-state index in [1.165, 1.54) is 0 Å². The normalized spacial score (nSPS) is 20.8. The van der Waals surface area contributed by atoms with E-state index < -0.39 is 0 Å². The van der Waals surface area contributed by atoms with Crippen LogP contribution in [0.3, 0.4) is 0 Å². The topological polar surface area (TPSA) is 64.5 Å². The Kier molecular flexibility index (Phi) is 5.86. The van der Waals surface area contributed by atoms with Crippen molar-refractivity contribution in [2.24, 2.45) is 5.92 Å². The molecule has 4 rings (SSSR count). The number of amides is 1. The van der Waals surface area contributed by atoms with Crippen molar-refractivity contribution >= 4 is 5.91 Å². The number of likely N-dealkylation sites (tertiary alicyclic amines) is 1. The number of nitrogens with zero attached hydrogens (tertiary/aromatic N) is 3. The van der Waals surface area contributed by atoms with Crippen molar-refractivity contribution in [3.63, 3.8) is 0 Å². The third kappa shape index (κ3) is 4.50. The number of piperidine rings is 1. The van der Waals surface area contributed by atoms with Gasteiger partial charge in [-0.05, 0) is 44.7 Å². The zero-order chi connectivity index (χ0) is 19.3. The Bertz CT molecular complexity index is 806. The van der Waals surface area contributed by atoms with E-state index >= 15 is 0 Å². The molecule has 1 amide bonds. The van der Waals surface area contributed by atoms with E-state index in [9.17, 15) is 4.79 Å². The summed E-state index contributed by atoms with van der Waals surface area (Å²) in [5, 5.41) is 0. The Balaban J connectivity index is 1.47. The number of hydrogen-bond acceptors (Lipinski definition) is 5. The number of carbonyl (C=O) groups is 1. The fraction of sp³-hybridized carbons (Fsp3) is 0.500. The lowest BCUT2D eigenvalue weighted by atomic mass is 9.93. The van der Waals surface area contributed by atoms with Crippen molar-refractivity contribution in [2.75, 3.05) is 26.3 Å². The molecule has 2 aromatic rings. The van der Waals surface area contributed by atoms with E-state index in [4.69, 9.17) is 9.47 Å². The monoisotopic (exact) mass is 381 g/mol. The van der Waals surface area contributed by atoms with Gasteiger partial charge in [0.05, 0.1) is 0 Å². The summed E-state index contributed by atoms with van der Waals surface area (Å²) in [6, 6.07) is 11.5. The molecule has 0 saturated carbocycles. The van der Waals surface area contributed by atoms with Gasteiger partial charge in [0.25, 0.3) is 0 Å². The highest BCUT2D eigenvalue weighted by Gasteiger charge is 2.31. The molecule has 0 aliphatic carbocycles. The summed E-state index contributed by atoms with van der Waals surface area (Å²) in [5.41, 5.74) is 0.879. The third-order valence-corrected chi connectivity index (χ3v) is 5.48. The summed E-state index contributed by atoms with van der Waals surface area (Å²) in [6.45, 7) is 4.84. The lowest BCUT2D eigenvalue weighted by molar-refractivity contribution is -0.139. The first-order valence-corrected chi connectivity index (χ1v) is 10.1. The van der Waals surface area contributed by atoms with Crippen LogP contribution in [-0.2, 0) is 9.53 Å². The van der Waals surface area contributed by atoms with E-state index in [2.05, 4.69) is 9.97 Å². The van der Waals surface area contributed by atoms with E-state index in [1.54, 1.807) is 0 Å². The quantitative estimate of drug-likeness (QED) is 0.808. The summed E-state index contributed by atoms with van der Waals surface area (Å²) >= 11 is 0. The highest BCUT2D eigenvalue weighted by atomic mass is 16.5. The SMILES string of the molecule is Cc1cc(Oc2ccccc2)nc([C@@H]2CCCN(C(=O)C3CCOCC3)C2)n1. The Morgan fingerprint density at radius 1 is 1.14 bits per heavy atom. The lowest BCUT2D eigenvalue weighted by Gasteiger charge is -2.35. The molecule has 3 heterocycles. The van der Waals surface area contributed by atoms with Crippen LogP contribution in [0.2, 0.25) is 0 Å². The number of benzene rings is 1. The number of aryl methyl sites for hydroxylation is 1. The van der Waals surface area contributed by atoms with Gasteiger partial charge in [0.15, 0.2) is 0 Å². The van der Waals surface area contributed by atoms with Crippen LogP contribution >= 0.6 is 0 Å². The molecule has 2 aliphatic rings. The van der Waals surface area contributed by atoms with Crippen molar-refractivity contribution in [2.45, 2.75) is 38.5 Å². The van der Waals surface area contributed by atoms with Gasteiger partial charge in [-0.1, -0.05) is 18.2 Å². The fourth-order valence-electron chi connectivity index (χ4n) is 4.00. The molecule has 6 nitrogen and oxygen atoms in total. The summed E-state index contributed by atoms with van der Waals surface area (Å²) in [5.74, 6) is 2.60. The Morgan fingerprint density at radius 2 is 1.93 bits per heavy atom. The average Bonchev–Trinajstić information content (AvgIpc) is 2.74. The highest BCUT2D eigenvalue weighted by molar-refractivity contribution is 5.79. The van der Waals surface area contributed by atoms with E-state index in [0.717, 1.165) is 49.5 Å². The first-order chi connectivity index (χ1) is 13.7. The molecular weight excluding hydrogens is 354 g/mol. The van der Waals surface area contributed by atoms with Gasteiger partial charge >= 0.3 is 0 Å². The minimum atomic E-state index is 0.0999. The molecule has 2 fully saturated rings. The second kappa shape index (κ2) is 8.69. The van der Waals surface area contributed by atoms with Crippen molar-refractivity contribution in [3.05, 3.63) is 47.9 Å². The van der Waals surface area contributed by atoms with Crippen LogP contribution in [-0.4, -0.2) is 47.1 Å². The number of rotatable bonds is 4. The zero-order valence-electron chi connectivity index (χ0n) is 16.3. The molecule has 2 aliphatic heterocycles. The zero-order valence-corrected chi connectivity index (χ0v) is 16.3. The highest BCUT2D eigenvalue weighted by Crippen LogP contribution is 2.29. The molecule has 148 valence electrons. The Morgan fingerprint density at radius 3 is 2.71 bits per heavy atom. The molecule has 0 radical (unpaired) electrons. The number of aromatic nitrogens is 2. The van der Waals surface area contributed by atoms with E-state index in [1.807, 2.05) is 48.2 Å². The molecular formula is C22H27N3O3. The molecule has 0 spiro atoms. The average molecular weight is 381 g/mol. The first kappa shape index (κ1) is 18.9.